The fraction of sp³-hybridized carbons (Fsp3) is 0.333. The molecule has 2 nitrogen and oxygen atoms in total. The summed E-state index contributed by atoms with van der Waals surface area (Å²) < 4.78 is 0. The SMILES string of the molecule is CC.Cc1csc(-c2cncs2)n1. The first-order valence-corrected chi connectivity index (χ1v) is 5.93. The second kappa shape index (κ2) is 5.09. The van der Waals surface area contributed by atoms with Gasteiger partial charge in [0, 0.05) is 17.3 Å². The third-order valence-corrected chi connectivity index (χ3v) is 3.16. The number of aryl methyl sites for hydroxylation is 1. The molecule has 0 amide bonds. The lowest BCUT2D eigenvalue weighted by Gasteiger charge is -1.83. The van der Waals surface area contributed by atoms with Crippen LogP contribution in [0.2, 0.25) is 0 Å². The van der Waals surface area contributed by atoms with Crippen molar-refractivity contribution in [2.24, 2.45) is 0 Å². The summed E-state index contributed by atoms with van der Waals surface area (Å²) in [5.74, 6) is 0. The Morgan fingerprint density at radius 3 is 2.46 bits per heavy atom. The average molecular weight is 212 g/mol. The first kappa shape index (κ1) is 10.3. The van der Waals surface area contributed by atoms with Gasteiger partial charge in [0.15, 0.2) is 0 Å². The van der Waals surface area contributed by atoms with E-state index in [2.05, 4.69) is 15.3 Å². The minimum Gasteiger partial charge on any atom is -0.252 e. The topological polar surface area (TPSA) is 25.8 Å². The molecule has 2 aromatic rings. The van der Waals surface area contributed by atoms with Crippen LogP contribution in [0.25, 0.3) is 9.88 Å². The Hall–Kier alpha value is -0.740. The van der Waals surface area contributed by atoms with Gasteiger partial charge in [-0.1, -0.05) is 13.8 Å². The zero-order valence-corrected chi connectivity index (χ0v) is 9.58. The van der Waals surface area contributed by atoms with Crippen LogP contribution < -0.4 is 0 Å². The predicted octanol–water partition coefficient (Wildman–Crippen LogP) is 3.60. The largest absolute Gasteiger partial charge is 0.252 e. The quantitative estimate of drug-likeness (QED) is 0.721. The molecule has 0 spiro atoms. The van der Waals surface area contributed by atoms with Gasteiger partial charge in [0.05, 0.1) is 10.4 Å². The van der Waals surface area contributed by atoms with Gasteiger partial charge in [0.25, 0.3) is 0 Å². The van der Waals surface area contributed by atoms with Crippen molar-refractivity contribution in [1.29, 1.82) is 0 Å². The van der Waals surface area contributed by atoms with Crippen LogP contribution in [0.5, 0.6) is 0 Å². The Morgan fingerprint density at radius 2 is 2.00 bits per heavy atom. The Kier molecular flexibility index (Phi) is 4.05. The van der Waals surface area contributed by atoms with E-state index in [4.69, 9.17) is 0 Å². The van der Waals surface area contributed by atoms with Crippen LogP contribution in [0.3, 0.4) is 0 Å². The molecule has 0 atom stereocenters. The number of thiazole rings is 2. The fourth-order valence-electron chi connectivity index (χ4n) is 0.789. The maximum atomic E-state index is 4.34. The van der Waals surface area contributed by atoms with E-state index in [1.165, 1.54) is 0 Å². The summed E-state index contributed by atoms with van der Waals surface area (Å²) in [7, 11) is 0. The molecular formula is C9H12N2S2. The molecule has 70 valence electrons. The molecule has 0 saturated heterocycles. The zero-order chi connectivity index (χ0) is 9.68. The monoisotopic (exact) mass is 212 g/mol. The van der Waals surface area contributed by atoms with Gasteiger partial charge >= 0.3 is 0 Å². The van der Waals surface area contributed by atoms with Crippen LogP contribution in [0.1, 0.15) is 19.5 Å². The van der Waals surface area contributed by atoms with E-state index in [1.54, 1.807) is 22.7 Å². The second-order valence-corrected chi connectivity index (χ2v) is 3.90. The molecule has 2 heterocycles. The van der Waals surface area contributed by atoms with Crippen LogP contribution in [0, 0.1) is 6.92 Å². The molecular weight excluding hydrogens is 200 g/mol. The molecule has 4 heteroatoms. The predicted molar refractivity (Wildman–Crippen MR) is 59.3 cm³/mol. The second-order valence-electron chi connectivity index (χ2n) is 2.16. The van der Waals surface area contributed by atoms with E-state index in [1.807, 2.05) is 32.5 Å². The van der Waals surface area contributed by atoms with E-state index in [0.29, 0.717) is 0 Å². The smallest absolute Gasteiger partial charge is 0.135 e. The third kappa shape index (κ3) is 2.60. The summed E-state index contributed by atoms with van der Waals surface area (Å²) in [6.07, 6.45) is 1.85. The highest BCUT2D eigenvalue weighted by Crippen LogP contribution is 2.25. The molecule has 2 aromatic heterocycles. The molecule has 0 aliphatic heterocycles. The summed E-state index contributed by atoms with van der Waals surface area (Å²) in [4.78, 5) is 9.49. The van der Waals surface area contributed by atoms with Crippen molar-refractivity contribution >= 4 is 22.7 Å². The summed E-state index contributed by atoms with van der Waals surface area (Å²) in [5, 5.41) is 3.12. The molecule has 0 saturated carbocycles. The van der Waals surface area contributed by atoms with Gasteiger partial charge < -0.3 is 0 Å². The van der Waals surface area contributed by atoms with Gasteiger partial charge in [-0.15, -0.1) is 22.7 Å². The molecule has 0 aliphatic rings. The Labute approximate surface area is 86.3 Å². The summed E-state index contributed by atoms with van der Waals surface area (Å²) >= 11 is 3.29. The first-order chi connectivity index (χ1) is 6.36. The van der Waals surface area contributed by atoms with Crippen molar-refractivity contribution in [3.8, 4) is 9.88 Å². The fourth-order valence-corrected chi connectivity index (χ4v) is 2.28. The summed E-state index contributed by atoms with van der Waals surface area (Å²) in [6.45, 7) is 6.00. The first-order valence-electron chi connectivity index (χ1n) is 4.17. The van der Waals surface area contributed by atoms with Crippen molar-refractivity contribution in [1.82, 2.24) is 9.97 Å². The highest BCUT2D eigenvalue weighted by atomic mass is 32.1. The molecule has 2 rings (SSSR count). The van der Waals surface area contributed by atoms with Crippen molar-refractivity contribution in [3.05, 3.63) is 22.8 Å². The molecule has 0 bridgehead atoms. The number of aromatic nitrogens is 2. The van der Waals surface area contributed by atoms with Gasteiger partial charge in [0.1, 0.15) is 5.01 Å². The van der Waals surface area contributed by atoms with Crippen molar-refractivity contribution in [2.75, 3.05) is 0 Å². The van der Waals surface area contributed by atoms with Crippen molar-refractivity contribution in [2.45, 2.75) is 20.8 Å². The standard InChI is InChI=1S/C7H6N2S2.C2H6/c1-5-3-10-7(9-5)6-2-8-4-11-6;1-2/h2-4H,1H3;1-2H3. The van der Waals surface area contributed by atoms with Crippen LogP contribution in [-0.4, -0.2) is 9.97 Å². The van der Waals surface area contributed by atoms with Crippen LogP contribution in [0.4, 0.5) is 0 Å². The Bertz CT molecular complexity index is 338. The molecule has 0 radical (unpaired) electrons. The molecule has 0 aromatic carbocycles. The lowest BCUT2D eigenvalue weighted by molar-refractivity contribution is 1.27. The number of nitrogens with zero attached hydrogens (tertiary/aromatic N) is 2. The minimum absolute atomic E-state index is 1.07. The number of rotatable bonds is 1. The highest BCUT2D eigenvalue weighted by Gasteiger charge is 2.02. The van der Waals surface area contributed by atoms with Crippen LogP contribution in [-0.2, 0) is 0 Å². The Balaban J connectivity index is 0.000000396. The van der Waals surface area contributed by atoms with E-state index >= 15 is 0 Å². The normalized spacial score (nSPS) is 9.15. The Morgan fingerprint density at radius 1 is 1.23 bits per heavy atom. The molecule has 13 heavy (non-hydrogen) atoms. The van der Waals surface area contributed by atoms with Crippen LogP contribution in [0.15, 0.2) is 17.1 Å². The lowest BCUT2D eigenvalue weighted by atomic mass is 10.5. The number of hydrogen-bond donors (Lipinski definition) is 0. The third-order valence-electron chi connectivity index (χ3n) is 1.26. The van der Waals surface area contributed by atoms with E-state index in [-0.39, 0.29) is 0 Å². The van der Waals surface area contributed by atoms with E-state index in [0.717, 1.165) is 15.6 Å². The maximum Gasteiger partial charge on any atom is 0.135 e. The molecule has 0 fully saturated rings. The molecule has 0 unspecified atom stereocenters. The summed E-state index contributed by atoms with van der Waals surface area (Å²) in [6, 6.07) is 0. The lowest BCUT2D eigenvalue weighted by Crippen LogP contribution is -1.70. The minimum atomic E-state index is 1.07. The van der Waals surface area contributed by atoms with Crippen molar-refractivity contribution in [3.63, 3.8) is 0 Å². The van der Waals surface area contributed by atoms with E-state index < -0.39 is 0 Å². The molecule has 0 aliphatic carbocycles. The van der Waals surface area contributed by atoms with Gasteiger partial charge in [0.2, 0.25) is 0 Å². The van der Waals surface area contributed by atoms with Crippen LogP contribution >= 0.6 is 22.7 Å². The van der Waals surface area contributed by atoms with Gasteiger partial charge in [-0.05, 0) is 6.92 Å². The van der Waals surface area contributed by atoms with Gasteiger partial charge in [-0.2, -0.15) is 0 Å². The zero-order valence-electron chi connectivity index (χ0n) is 7.94. The highest BCUT2D eigenvalue weighted by molar-refractivity contribution is 7.19. The van der Waals surface area contributed by atoms with E-state index in [9.17, 15) is 0 Å². The van der Waals surface area contributed by atoms with Gasteiger partial charge in [-0.25, -0.2) is 4.98 Å². The summed E-state index contributed by atoms with van der Waals surface area (Å²) in [5.41, 5.74) is 2.91. The molecule has 0 N–H and O–H groups in total. The van der Waals surface area contributed by atoms with Gasteiger partial charge in [-0.3, -0.25) is 4.98 Å². The number of hydrogen-bond acceptors (Lipinski definition) is 4. The maximum absolute atomic E-state index is 4.34. The average Bonchev–Trinajstić information content (AvgIpc) is 2.77. The van der Waals surface area contributed by atoms with Crippen molar-refractivity contribution < 1.29 is 0 Å².